The second-order valence-electron chi connectivity index (χ2n) is 6.07. The number of para-hydroxylation sites is 2. The normalized spacial score (nSPS) is 15.7. The van der Waals surface area contributed by atoms with Gasteiger partial charge in [-0.05, 0) is 37.3 Å². The summed E-state index contributed by atoms with van der Waals surface area (Å²) in [7, 11) is 0. The number of amides is 1. The van der Waals surface area contributed by atoms with E-state index in [4.69, 9.17) is 9.47 Å². The maximum atomic E-state index is 12.1. The van der Waals surface area contributed by atoms with Crippen molar-refractivity contribution in [1.82, 2.24) is 10.3 Å². The number of rotatable bonds is 5. The number of ether oxygens (including phenoxy) is 2. The number of aryl methyl sites for hydroxylation is 1. The summed E-state index contributed by atoms with van der Waals surface area (Å²) in [6, 6.07) is 13.4. The molecule has 2 aromatic carbocycles. The first kappa shape index (κ1) is 16.7. The van der Waals surface area contributed by atoms with Gasteiger partial charge in [0.05, 0.1) is 28.3 Å². The van der Waals surface area contributed by atoms with E-state index < -0.39 is 0 Å². The van der Waals surface area contributed by atoms with Gasteiger partial charge in [0.15, 0.2) is 11.5 Å². The molecule has 1 aliphatic rings. The number of hydrogen-bond acceptors (Lipinski definition) is 6. The van der Waals surface area contributed by atoms with Crippen molar-refractivity contribution in [3.05, 3.63) is 47.5 Å². The third-order valence-electron chi connectivity index (χ3n) is 4.04. The van der Waals surface area contributed by atoms with Gasteiger partial charge in [0.1, 0.15) is 12.7 Å². The Morgan fingerprint density at radius 1 is 1.27 bits per heavy atom. The molecule has 0 saturated heterocycles. The fourth-order valence-corrected chi connectivity index (χ4v) is 3.65. The predicted octanol–water partition coefficient (Wildman–Crippen LogP) is 2.97. The molecule has 1 amide bonds. The molecule has 0 bridgehead atoms. The van der Waals surface area contributed by atoms with E-state index in [0.29, 0.717) is 18.9 Å². The van der Waals surface area contributed by atoms with E-state index in [0.717, 1.165) is 26.7 Å². The van der Waals surface area contributed by atoms with E-state index in [1.54, 1.807) is 11.3 Å². The summed E-state index contributed by atoms with van der Waals surface area (Å²) >= 11 is 1.64. The molecule has 1 aromatic heterocycles. The lowest BCUT2D eigenvalue weighted by molar-refractivity contribution is -0.119. The highest BCUT2D eigenvalue weighted by atomic mass is 32.1. The number of nitrogens with one attached hydrogen (secondary N) is 2. The smallest absolute Gasteiger partial charge is 0.239 e. The van der Waals surface area contributed by atoms with E-state index in [2.05, 4.69) is 15.6 Å². The quantitative estimate of drug-likeness (QED) is 0.723. The number of carbonyl (C=O) groups is 1. The maximum absolute atomic E-state index is 12.1. The molecule has 0 radical (unpaired) electrons. The lowest BCUT2D eigenvalue weighted by atomic mass is 10.2. The number of thiazole rings is 1. The molecule has 0 spiro atoms. The van der Waals surface area contributed by atoms with Crippen molar-refractivity contribution in [3.63, 3.8) is 0 Å². The zero-order chi connectivity index (χ0) is 17.9. The molecule has 1 aliphatic heterocycles. The maximum Gasteiger partial charge on any atom is 0.239 e. The lowest BCUT2D eigenvalue weighted by Gasteiger charge is -2.26. The molecule has 26 heavy (non-hydrogen) atoms. The summed E-state index contributed by atoms with van der Waals surface area (Å²) in [6.45, 7) is 3.02. The average molecular weight is 369 g/mol. The molecule has 0 unspecified atom stereocenters. The van der Waals surface area contributed by atoms with Gasteiger partial charge in [0.2, 0.25) is 5.91 Å². The Kier molecular flexibility index (Phi) is 4.62. The van der Waals surface area contributed by atoms with Crippen LogP contribution < -0.4 is 20.1 Å². The van der Waals surface area contributed by atoms with E-state index in [1.807, 2.05) is 49.4 Å². The van der Waals surface area contributed by atoms with Gasteiger partial charge in [-0.2, -0.15) is 0 Å². The van der Waals surface area contributed by atoms with Gasteiger partial charge in [-0.25, -0.2) is 4.98 Å². The average Bonchev–Trinajstić information content (AvgIpc) is 3.03. The van der Waals surface area contributed by atoms with Gasteiger partial charge < -0.3 is 20.1 Å². The van der Waals surface area contributed by atoms with Crippen LogP contribution in [0.2, 0.25) is 0 Å². The van der Waals surface area contributed by atoms with Crippen LogP contribution in [0.5, 0.6) is 11.5 Å². The standard InChI is InChI=1S/C19H19N3O3S/c1-12-22-15-7-6-13(8-18(15)26-12)20-10-19(23)21-9-14-11-24-16-4-2-3-5-17(16)25-14/h2-8,14,20H,9-11H2,1H3,(H,21,23)/t14-/m0/s1. The van der Waals surface area contributed by atoms with E-state index >= 15 is 0 Å². The van der Waals surface area contributed by atoms with E-state index in [9.17, 15) is 4.79 Å². The number of nitrogens with zero attached hydrogens (tertiary/aromatic N) is 1. The topological polar surface area (TPSA) is 72.5 Å². The largest absolute Gasteiger partial charge is 0.486 e. The third-order valence-corrected chi connectivity index (χ3v) is 4.98. The molecule has 134 valence electrons. The lowest BCUT2D eigenvalue weighted by Crippen LogP contribution is -2.42. The van der Waals surface area contributed by atoms with Crippen LogP contribution in [0.25, 0.3) is 10.2 Å². The Labute approximate surface area is 155 Å². The molecule has 0 fully saturated rings. The van der Waals surface area contributed by atoms with Crippen molar-refractivity contribution >= 4 is 33.1 Å². The summed E-state index contributed by atoms with van der Waals surface area (Å²) in [5.74, 6) is 1.36. The second kappa shape index (κ2) is 7.21. The fraction of sp³-hybridized carbons (Fsp3) is 0.263. The Hall–Kier alpha value is -2.80. The van der Waals surface area contributed by atoms with E-state index in [-0.39, 0.29) is 18.6 Å². The first-order chi connectivity index (χ1) is 12.7. The molecular weight excluding hydrogens is 350 g/mol. The zero-order valence-corrected chi connectivity index (χ0v) is 15.1. The van der Waals surface area contributed by atoms with Crippen LogP contribution in [0.1, 0.15) is 5.01 Å². The predicted molar refractivity (Wildman–Crippen MR) is 102 cm³/mol. The van der Waals surface area contributed by atoms with Gasteiger partial charge >= 0.3 is 0 Å². The van der Waals surface area contributed by atoms with Crippen LogP contribution in [0.15, 0.2) is 42.5 Å². The summed E-state index contributed by atoms with van der Waals surface area (Å²) < 4.78 is 12.6. The highest BCUT2D eigenvalue weighted by molar-refractivity contribution is 7.18. The highest BCUT2D eigenvalue weighted by Crippen LogP contribution is 2.30. The minimum Gasteiger partial charge on any atom is -0.486 e. The van der Waals surface area contributed by atoms with Gasteiger partial charge in [-0.15, -0.1) is 11.3 Å². The van der Waals surface area contributed by atoms with E-state index in [1.165, 1.54) is 0 Å². The van der Waals surface area contributed by atoms with Crippen LogP contribution in [0.3, 0.4) is 0 Å². The SMILES string of the molecule is Cc1nc2ccc(NCC(=O)NC[C@H]3COc4ccccc4O3)cc2s1. The summed E-state index contributed by atoms with van der Waals surface area (Å²) in [5, 5.41) is 7.06. The number of anilines is 1. The molecule has 4 rings (SSSR count). The van der Waals surface area contributed by atoms with Crippen LogP contribution in [-0.2, 0) is 4.79 Å². The van der Waals surface area contributed by atoms with Crippen LogP contribution in [0.4, 0.5) is 5.69 Å². The molecule has 3 aromatic rings. The first-order valence-electron chi connectivity index (χ1n) is 8.43. The van der Waals surface area contributed by atoms with Crippen molar-refractivity contribution in [2.45, 2.75) is 13.0 Å². The number of carbonyl (C=O) groups excluding carboxylic acids is 1. The highest BCUT2D eigenvalue weighted by Gasteiger charge is 2.20. The van der Waals surface area contributed by atoms with Gasteiger partial charge in [-0.1, -0.05) is 12.1 Å². The minimum atomic E-state index is -0.189. The van der Waals surface area contributed by atoms with Gasteiger partial charge in [0, 0.05) is 5.69 Å². The third kappa shape index (κ3) is 3.72. The van der Waals surface area contributed by atoms with Crippen LogP contribution in [0, 0.1) is 6.92 Å². The van der Waals surface area contributed by atoms with Gasteiger partial charge in [0.25, 0.3) is 0 Å². The number of fused-ring (bicyclic) bond motifs is 2. The summed E-state index contributed by atoms with van der Waals surface area (Å²) in [6.07, 6.45) is -0.189. The molecule has 1 atom stereocenters. The molecular formula is C19H19N3O3S. The zero-order valence-electron chi connectivity index (χ0n) is 14.3. The number of benzene rings is 2. The Balaban J connectivity index is 1.26. The summed E-state index contributed by atoms with van der Waals surface area (Å²) in [4.78, 5) is 16.5. The Morgan fingerprint density at radius 2 is 2.12 bits per heavy atom. The number of hydrogen-bond donors (Lipinski definition) is 2. The van der Waals surface area contributed by atoms with Crippen molar-refractivity contribution in [2.75, 3.05) is 25.0 Å². The van der Waals surface area contributed by atoms with Gasteiger partial charge in [-0.3, -0.25) is 4.79 Å². The molecule has 7 heteroatoms. The Bertz CT molecular complexity index is 941. The molecule has 0 aliphatic carbocycles. The molecule has 0 saturated carbocycles. The van der Waals surface area contributed by atoms with Crippen LogP contribution in [-0.4, -0.2) is 36.7 Å². The van der Waals surface area contributed by atoms with Crippen LogP contribution >= 0.6 is 11.3 Å². The molecule has 2 heterocycles. The molecule has 6 nitrogen and oxygen atoms in total. The minimum absolute atomic E-state index is 0.0898. The molecule has 2 N–H and O–H groups in total. The van der Waals surface area contributed by atoms with Crippen molar-refractivity contribution < 1.29 is 14.3 Å². The monoisotopic (exact) mass is 369 g/mol. The number of aromatic nitrogens is 1. The van der Waals surface area contributed by atoms with Crippen molar-refractivity contribution in [1.29, 1.82) is 0 Å². The summed E-state index contributed by atoms with van der Waals surface area (Å²) in [5.41, 5.74) is 1.89. The fourth-order valence-electron chi connectivity index (χ4n) is 2.79. The first-order valence-corrected chi connectivity index (χ1v) is 9.25. The van der Waals surface area contributed by atoms with Crippen molar-refractivity contribution in [3.8, 4) is 11.5 Å². The Morgan fingerprint density at radius 3 is 3.00 bits per heavy atom. The second-order valence-corrected chi connectivity index (χ2v) is 7.31. The van der Waals surface area contributed by atoms with Crippen molar-refractivity contribution in [2.24, 2.45) is 0 Å².